The second kappa shape index (κ2) is 9.56. The molecule has 27 heavy (non-hydrogen) atoms. The Hall–Kier alpha value is -2.33. The maximum atomic E-state index is 13.0. The van der Waals surface area contributed by atoms with E-state index in [1.54, 1.807) is 0 Å². The van der Waals surface area contributed by atoms with E-state index in [0.717, 1.165) is 0 Å². The van der Waals surface area contributed by atoms with Crippen LogP contribution in [0, 0.1) is 0 Å². The number of sulfonamides is 1. The Morgan fingerprint density at radius 3 is 2.67 bits per heavy atom. The first-order valence-corrected chi connectivity index (χ1v) is 10.1. The largest absolute Gasteiger partial charge is 0.493 e. The van der Waals surface area contributed by atoms with Crippen LogP contribution in [0.25, 0.3) is 0 Å². The minimum Gasteiger partial charge on any atom is -0.493 e. The number of amides is 2. The Labute approximate surface area is 159 Å². The molecule has 2 amide bonds. The van der Waals surface area contributed by atoms with Crippen LogP contribution in [0.2, 0.25) is 0 Å². The van der Waals surface area contributed by atoms with Gasteiger partial charge in [0, 0.05) is 25.7 Å². The molecule has 9 nitrogen and oxygen atoms in total. The fourth-order valence-corrected chi connectivity index (χ4v) is 4.65. The molecule has 0 bridgehead atoms. The van der Waals surface area contributed by atoms with Gasteiger partial charge in [-0.2, -0.15) is 4.31 Å². The average molecular weight is 399 g/mol. The molecule has 1 fully saturated rings. The first-order chi connectivity index (χ1) is 13.0. The van der Waals surface area contributed by atoms with Crippen molar-refractivity contribution in [3.63, 3.8) is 0 Å². The molecule has 0 radical (unpaired) electrons. The molecule has 1 aromatic rings. The number of hydrogen-bond donors (Lipinski definition) is 2. The molecule has 1 saturated heterocycles. The van der Waals surface area contributed by atoms with Gasteiger partial charge in [0.2, 0.25) is 22.3 Å². The van der Waals surface area contributed by atoms with Crippen LogP contribution < -0.4 is 20.1 Å². The predicted octanol–water partition coefficient (Wildman–Crippen LogP) is 0.109. The highest BCUT2D eigenvalue weighted by Gasteiger charge is 2.39. The summed E-state index contributed by atoms with van der Waals surface area (Å²) < 4.78 is 37.6. The molecule has 1 heterocycles. The summed E-state index contributed by atoms with van der Waals surface area (Å²) in [7, 11) is -0.951. The molecular formula is C17H25N3O6S. The third-order valence-corrected chi connectivity index (χ3v) is 6.25. The van der Waals surface area contributed by atoms with Gasteiger partial charge in [-0.3, -0.25) is 9.59 Å². The zero-order valence-electron chi connectivity index (χ0n) is 15.4. The van der Waals surface area contributed by atoms with Crippen LogP contribution >= 0.6 is 0 Å². The van der Waals surface area contributed by atoms with E-state index in [9.17, 15) is 18.0 Å². The van der Waals surface area contributed by atoms with Crippen LogP contribution in [0.4, 0.5) is 0 Å². The van der Waals surface area contributed by atoms with Crippen LogP contribution in [0.3, 0.4) is 0 Å². The van der Waals surface area contributed by atoms with Gasteiger partial charge in [0.1, 0.15) is 6.04 Å². The monoisotopic (exact) mass is 399 g/mol. The van der Waals surface area contributed by atoms with Gasteiger partial charge in [0.15, 0.2) is 11.5 Å². The average Bonchev–Trinajstić information content (AvgIpc) is 3.18. The summed E-state index contributed by atoms with van der Waals surface area (Å²) in [5, 5.41) is 5.24. The van der Waals surface area contributed by atoms with E-state index in [4.69, 9.17) is 9.47 Å². The summed E-state index contributed by atoms with van der Waals surface area (Å²) in [5.41, 5.74) is 0. The number of hydrogen-bond acceptors (Lipinski definition) is 6. The van der Waals surface area contributed by atoms with E-state index >= 15 is 0 Å². The number of carbonyl (C=O) groups is 2. The maximum Gasteiger partial charge on any atom is 0.243 e. The molecule has 0 spiro atoms. The zero-order chi connectivity index (χ0) is 19.9. The smallest absolute Gasteiger partial charge is 0.243 e. The quantitative estimate of drug-likeness (QED) is 0.426. The van der Waals surface area contributed by atoms with Crippen molar-refractivity contribution in [1.82, 2.24) is 14.9 Å². The standard InChI is InChI=1S/C17H25N3O6S/c1-25-15-7-6-13(11-16(15)26-2)27(23,24)20-10-3-5-14(20)17(22)19-9-4-8-18-12-21/h6-7,11-12,14H,3-5,8-10H2,1-2H3,(H,18,21)(H,19,22). The summed E-state index contributed by atoms with van der Waals surface area (Å²) in [4.78, 5) is 22.7. The van der Waals surface area contributed by atoms with Crippen LogP contribution in [-0.4, -0.2) is 64.9 Å². The summed E-state index contributed by atoms with van der Waals surface area (Å²) in [5.74, 6) is 0.403. The van der Waals surface area contributed by atoms with Crippen LogP contribution in [0.1, 0.15) is 19.3 Å². The molecule has 150 valence electrons. The van der Waals surface area contributed by atoms with Gasteiger partial charge in [-0.25, -0.2) is 8.42 Å². The molecule has 10 heteroatoms. The van der Waals surface area contributed by atoms with E-state index in [2.05, 4.69) is 10.6 Å². The molecular weight excluding hydrogens is 374 g/mol. The predicted molar refractivity (Wildman–Crippen MR) is 98.2 cm³/mol. The maximum absolute atomic E-state index is 13.0. The number of nitrogens with one attached hydrogen (secondary N) is 2. The molecule has 1 unspecified atom stereocenters. The number of benzene rings is 1. The Kier molecular flexibility index (Phi) is 7.43. The fourth-order valence-electron chi connectivity index (χ4n) is 2.98. The van der Waals surface area contributed by atoms with Crippen molar-refractivity contribution in [2.24, 2.45) is 0 Å². The molecule has 0 aliphatic carbocycles. The first-order valence-electron chi connectivity index (χ1n) is 8.64. The fraction of sp³-hybridized carbons (Fsp3) is 0.529. The summed E-state index contributed by atoms with van der Waals surface area (Å²) >= 11 is 0. The lowest BCUT2D eigenvalue weighted by atomic mass is 10.2. The number of rotatable bonds is 10. The first kappa shape index (κ1) is 21.0. The third kappa shape index (κ3) is 4.89. The Morgan fingerprint density at radius 1 is 1.26 bits per heavy atom. The SMILES string of the molecule is COc1ccc(S(=O)(=O)N2CCCC2C(=O)NCCCNC=O)cc1OC. The number of ether oxygens (including phenoxy) is 2. The minimum absolute atomic E-state index is 0.0510. The van der Waals surface area contributed by atoms with Gasteiger partial charge in [-0.1, -0.05) is 0 Å². The molecule has 1 aliphatic heterocycles. The molecule has 0 aromatic heterocycles. The van der Waals surface area contributed by atoms with Crippen molar-refractivity contribution < 1.29 is 27.5 Å². The molecule has 1 atom stereocenters. The van der Waals surface area contributed by atoms with Crippen molar-refractivity contribution in [3.05, 3.63) is 18.2 Å². The third-order valence-electron chi connectivity index (χ3n) is 4.35. The van der Waals surface area contributed by atoms with E-state index in [-0.39, 0.29) is 17.3 Å². The van der Waals surface area contributed by atoms with Crippen LogP contribution in [0.5, 0.6) is 11.5 Å². The van der Waals surface area contributed by atoms with Crippen molar-refractivity contribution in [3.8, 4) is 11.5 Å². The van der Waals surface area contributed by atoms with Gasteiger partial charge in [0.05, 0.1) is 19.1 Å². The van der Waals surface area contributed by atoms with Crippen molar-refractivity contribution in [2.75, 3.05) is 33.9 Å². The summed E-state index contributed by atoms with van der Waals surface area (Å²) in [6, 6.07) is 3.61. The lowest BCUT2D eigenvalue weighted by Gasteiger charge is -2.23. The zero-order valence-corrected chi connectivity index (χ0v) is 16.3. The van der Waals surface area contributed by atoms with Gasteiger partial charge < -0.3 is 20.1 Å². The minimum atomic E-state index is -3.85. The Morgan fingerprint density at radius 2 is 2.00 bits per heavy atom. The second-order valence-corrected chi connectivity index (χ2v) is 7.90. The highest BCUT2D eigenvalue weighted by molar-refractivity contribution is 7.89. The van der Waals surface area contributed by atoms with Gasteiger partial charge >= 0.3 is 0 Å². The van der Waals surface area contributed by atoms with E-state index in [1.165, 1.54) is 36.7 Å². The van der Waals surface area contributed by atoms with Gasteiger partial charge in [-0.15, -0.1) is 0 Å². The summed E-state index contributed by atoms with van der Waals surface area (Å²) in [6.07, 6.45) is 2.23. The van der Waals surface area contributed by atoms with E-state index in [1.807, 2.05) is 0 Å². The molecule has 0 saturated carbocycles. The molecule has 2 N–H and O–H groups in total. The molecule has 2 rings (SSSR count). The van der Waals surface area contributed by atoms with Crippen LogP contribution in [0.15, 0.2) is 23.1 Å². The Bertz CT molecular complexity index is 768. The molecule has 1 aliphatic rings. The topological polar surface area (TPSA) is 114 Å². The van der Waals surface area contributed by atoms with Crippen molar-refractivity contribution in [1.29, 1.82) is 0 Å². The highest BCUT2D eigenvalue weighted by Crippen LogP contribution is 2.33. The molecule has 1 aromatic carbocycles. The van der Waals surface area contributed by atoms with Crippen molar-refractivity contribution >= 4 is 22.3 Å². The second-order valence-electron chi connectivity index (χ2n) is 6.01. The van der Waals surface area contributed by atoms with Crippen molar-refractivity contribution in [2.45, 2.75) is 30.2 Å². The van der Waals surface area contributed by atoms with Gasteiger partial charge in [-0.05, 0) is 31.4 Å². The Balaban J connectivity index is 2.12. The normalized spacial score (nSPS) is 17.3. The van der Waals surface area contributed by atoms with E-state index in [0.29, 0.717) is 50.3 Å². The van der Waals surface area contributed by atoms with Crippen LogP contribution in [-0.2, 0) is 19.6 Å². The number of methoxy groups -OCH3 is 2. The lowest BCUT2D eigenvalue weighted by molar-refractivity contribution is -0.124. The number of carbonyl (C=O) groups excluding carboxylic acids is 2. The van der Waals surface area contributed by atoms with Gasteiger partial charge in [0.25, 0.3) is 0 Å². The highest BCUT2D eigenvalue weighted by atomic mass is 32.2. The summed E-state index contributed by atoms with van der Waals surface area (Å²) in [6.45, 7) is 1.09. The lowest BCUT2D eigenvalue weighted by Crippen LogP contribution is -2.46. The van der Waals surface area contributed by atoms with E-state index < -0.39 is 16.1 Å². The number of nitrogens with zero attached hydrogens (tertiary/aromatic N) is 1.